The molecule has 2 aromatic rings. The lowest BCUT2D eigenvalue weighted by molar-refractivity contribution is -0.123. The molecule has 30 heavy (non-hydrogen) atoms. The van der Waals surface area contributed by atoms with Crippen LogP contribution in [0.5, 0.6) is 0 Å². The van der Waals surface area contributed by atoms with Gasteiger partial charge in [-0.25, -0.2) is 4.98 Å². The lowest BCUT2D eigenvalue weighted by Gasteiger charge is -2.30. The molecule has 0 radical (unpaired) electrons. The molecule has 1 aliphatic carbocycles. The molecular formula is C23H31N5O2. The predicted octanol–water partition coefficient (Wildman–Crippen LogP) is 3.55. The van der Waals surface area contributed by atoms with Gasteiger partial charge in [0.05, 0.1) is 6.20 Å². The monoisotopic (exact) mass is 409 g/mol. The molecule has 1 aliphatic heterocycles. The van der Waals surface area contributed by atoms with Gasteiger partial charge in [0.1, 0.15) is 5.82 Å². The quantitative estimate of drug-likeness (QED) is 0.808. The summed E-state index contributed by atoms with van der Waals surface area (Å²) < 4.78 is 2.10. The molecule has 1 fully saturated rings. The highest BCUT2D eigenvalue weighted by Gasteiger charge is 2.29. The van der Waals surface area contributed by atoms with Gasteiger partial charge in [0.15, 0.2) is 0 Å². The minimum atomic E-state index is -0.106. The standard InChI is InChI=1S/C23H31N5O2/c1-15(29)26-18-6-4-5-17(11-18)22(30)27-21-12-16(7-9-24-21)19-14-25-28-10-8-23(2,3)13-20(19)28/h7,9,12,14,17-18H,4-6,8,10-11,13H2,1-3H3,(H,26,29)(H,24,27,30)/t17-,18?/m1/s1. The first-order valence-corrected chi connectivity index (χ1v) is 10.9. The molecule has 3 heterocycles. The van der Waals surface area contributed by atoms with Crippen LogP contribution in [-0.2, 0) is 22.6 Å². The fraction of sp³-hybridized carbons (Fsp3) is 0.565. The van der Waals surface area contributed by atoms with E-state index in [-0.39, 0.29) is 29.2 Å². The summed E-state index contributed by atoms with van der Waals surface area (Å²) in [4.78, 5) is 28.5. The minimum Gasteiger partial charge on any atom is -0.354 e. The second-order valence-electron chi connectivity index (χ2n) is 9.50. The molecule has 2 amide bonds. The van der Waals surface area contributed by atoms with E-state index >= 15 is 0 Å². The van der Waals surface area contributed by atoms with Gasteiger partial charge in [-0.05, 0) is 55.2 Å². The first-order chi connectivity index (χ1) is 14.3. The molecule has 2 aromatic heterocycles. The Kier molecular flexibility index (Phi) is 5.62. The third-order valence-corrected chi connectivity index (χ3v) is 6.37. The van der Waals surface area contributed by atoms with Crippen molar-refractivity contribution in [1.82, 2.24) is 20.1 Å². The van der Waals surface area contributed by atoms with Gasteiger partial charge in [-0.3, -0.25) is 14.3 Å². The van der Waals surface area contributed by atoms with Crippen LogP contribution in [0.3, 0.4) is 0 Å². The van der Waals surface area contributed by atoms with Crippen molar-refractivity contribution in [2.45, 2.75) is 71.9 Å². The molecule has 0 aromatic carbocycles. The maximum atomic E-state index is 12.8. The van der Waals surface area contributed by atoms with Crippen LogP contribution in [0.2, 0.25) is 0 Å². The van der Waals surface area contributed by atoms with Crippen LogP contribution in [-0.4, -0.2) is 32.6 Å². The number of anilines is 1. The molecule has 7 heteroatoms. The molecule has 1 saturated carbocycles. The van der Waals surface area contributed by atoms with Gasteiger partial charge >= 0.3 is 0 Å². The Labute approximate surface area is 177 Å². The van der Waals surface area contributed by atoms with Crippen molar-refractivity contribution < 1.29 is 9.59 Å². The van der Waals surface area contributed by atoms with Gasteiger partial charge in [0, 0.05) is 42.9 Å². The predicted molar refractivity (Wildman–Crippen MR) is 116 cm³/mol. The maximum absolute atomic E-state index is 12.8. The van der Waals surface area contributed by atoms with Crippen LogP contribution < -0.4 is 10.6 Å². The average molecular weight is 410 g/mol. The van der Waals surface area contributed by atoms with E-state index in [2.05, 4.69) is 39.2 Å². The zero-order valence-electron chi connectivity index (χ0n) is 18.1. The zero-order valence-corrected chi connectivity index (χ0v) is 18.1. The summed E-state index contributed by atoms with van der Waals surface area (Å²) in [6.07, 6.45) is 9.17. The molecule has 0 spiro atoms. The van der Waals surface area contributed by atoms with E-state index in [0.717, 1.165) is 49.8 Å². The number of carbonyl (C=O) groups excluding carboxylic acids is 2. The maximum Gasteiger partial charge on any atom is 0.228 e. The van der Waals surface area contributed by atoms with E-state index in [1.807, 2.05) is 18.3 Å². The van der Waals surface area contributed by atoms with Gasteiger partial charge < -0.3 is 10.6 Å². The molecule has 7 nitrogen and oxygen atoms in total. The molecular weight excluding hydrogens is 378 g/mol. The lowest BCUT2D eigenvalue weighted by atomic mass is 9.81. The first-order valence-electron chi connectivity index (χ1n) is 10.9. The smallest absolute Gasteiger partial charge is 0.228 e. The molecule has 2 aliphatic rings. The number of fused-ring (bicyclic) bond motifs is 1. The van der Waals surface area contributed by atoms with Gasteiger partial charge in [0.2, 0.25) is 11.8 Å². The van der Waals surface area contributed by atoms with Crippen molar-refractivity contribution in [2.75, 3.05) is 5.32 Å². The topological polar surface area (TPSA) is 88.9 Å². The van der Waals surface area contributed by atoms with Gasteiger partial charge in [0.25, 0.3) is 0 Å². The highest BCUT2D eigenvalue weighted by molar-refractivity contribution is 5.92. The van der Waals surface area contributed by atoms with Crippen molar-refractivity contribution in [3.8, 4) is 11.1 Å². The van der Waals surface area contributed by atoms with Crippen LogP contribution >= 0.6 is 0 Å². The Hall–Kier alpha value is -2.70. The number of nitrogens with zero attached hydrogens (tertiary/aromatic N) is 3. The number of nitrogens with one attached hydrogen (secondary N) is 2. The molecule has 4 rings (SSSR count). The highest BCUT2D eigenvalue weighted by Crippen LogP contribution is 2.36. The Morgan fingerprint density at radius 2 is 2.10 bits per heavy atom. The van der Waals surface area contributed by atoms with Crippen molar-refractivity contribution in [2.24, 2.45) is 11.3 Å². The molecule has 0 saturated heterocycles. The fourth-order valence-electron chi connectivity index (χ4n) is 4.72. The van der Waals surface area contributed by atoms with Crippen molar-refractivity contribution in [1.29, 1.82) is 0 Å². The van der Waals surface area contributed by atoms with Crippen molar-refractivity contribution >= 4 is 17.6 Å². The average Bonchev–Trinajstić information content (AvgIpc) is 3.09. The van der Waals surface area contributed by atoms with Crippen LogP contribution in [0, 0.1) is 11.3 Å². The SMILES string of the molecule is CC(=O)NC1CCC[C@@H](C(=O)Nc2cc(-c3cnn4c3CC(C)(C)CC4)ccn2)C1. The number of rotatable bonds is 4. The third-order valence-electron chi connectivity index (χ3n) is 6.37. The zero-order chi connectivity index (χ0) is 21.3. The molecule has 2 N–H and O–H groups in total. The Balaban J connectivity index is 1.48. The fourth-order valence-corrected chi connectivity index (χ4v) is 4.72. The van der Waals surface area contributed by atoms with Gasteiger partial charge in [-0.2, -0.15) is 5.10 Å². The Bertz CT molecular complexity index is 949. The highest BCUT2D eigenvalue weighted by atomic mass is 16.2. The first kappa shape index (κ1) is 20.6. The van der Waals surface area contributed by atoms with Crippen LogP contribution in [0.4, 0.5) is 5.82 Å². The summed E-state index contributed by atoms with van der Waals surface area (Å²) in [6, 6.07) is 3.99. The van der Waals surface area contributed by atoms with E-state index < -0.39 is 0 Å². The van der Waals surface area contributed by atoms with Crippen molar-refractivity contribution in [3.63, 3.8) is 0 Å². The largest absolute Gasteiger partial charge is 0.354 e. The summed E-state index contributed by atoms with van der Waals surface area (Å²) in [5.74, 6) is 0.399. The number of hydrogen-bond acceptors (Lipinski definition) is 4. The number of pyridine rings is 1. The van der Waals surface area contributed by atoms with E-state index in [1.165, 1.54) is 12.6 Å². The second kappa shape index (κ2) is 8.20. The van der Waals surface area contributed by atoms with E-state index in [9.17, 15) is 9.59 Å². The summed E-state index contributed by atoms with van der Waals surface area (Å²) in [7, 11) is 0. The number of carbonyl (C=O) groups is 2. The number of aryl methyl sites for hydroxylation is 1. The molecule has 1 unspecified atom stereocenters. The Morgan fingerprint density at radius 1 is 1.27 bits per heavy atom. The van der Waals surface area contributed by atoms with E-state index in [0.29, 0.717) is 12.2 Å². The summed E-state index contributed by atoms with van der Waals surface area (Å²) in [5, 5.41) is 10.5. The summed E-state index contributed by atoms with van der Waals surface area (Å²) in [6.45, 7) is 7.05. The molecule has 2 atom stereocenters. The number of hydrogen-bond donors (Lipinski definition) is 2. The summed E-state index contributed by atoms with van der Waals surface area (Å²) in [5.41, 5.74) is 3.66. The summed E-state index contributed by atoms with van der Waals surface area (Å²) >= 11 is 0. The van der Waals surface area contributed by atoms with E-state index in [1.54, 1.807) is 6.20 Å². The second-order valence-corrected chi connectivity index (χ2v) is 9.50. The normalized spacial score (nSPS) is 22.8. The van der Waals surface area contributed by atoms with Crippen LogP contribution in [0.15, 0.2) is 24.5 Å². The van der Waals surface area contributed by atoms with E-state index in [4.69, 9.17) is 0 Å². The van der Waals surface area contributed by atoms with Crippen molar-refractivity contribution in [3.05, 3.63) is 30.2 Å². The minimum absolute atomic E-state index is 0.0205. The lowest BCUT2D eigenvalue weighted by Crippen LogP contribution is -2.40. The third kappa shape index (κ3) is 4.55. The van der Waals surface area contributed by atoms with Crippen LogP contribution in [0.1, 0.15) is 58.6 Å². The number of amides is 2. The Morgan fingerprint density at radius 3 is 2.90 bits per heavy atom. The van der Waals surface area contributed by atoms with Gasteiger partial charge in [-0.15, -0.1) is 0 Å². The molecule has 160 valence electrons. The number of aromatic nitrogens is 3. The molecule has 0 bridgehead atoms. The van der Waals surface area contributed by atoms with Crippen LogP contribution in [0.25, 0.3) is 11.1 Å². The van der Waals surface area contributed by atoms with Gasteiger partial charge in [-0.1, -0.05) is 20.3 Å².